The quantitative estimate of drug-likeness (QED) is 0.669. The molecule has 0 saturated carbocycles. The number of hydrogen-bond donors (Lipinski definition) is 0. The van der Waals surface area contributed by atoms with Crippen molar-refractivity contribution in [3.05, 3.63) is 59.6 Å². The first kappa shape index (κ1) is 19.2. The van der Waals surface area contributed by atoms with Crippen molar-refractivity contribution < 1.29 is 9.32 Å². The molecule has 0 N–H and O–H groups in total. The van der Waals surface area contributed by atoms with Crippen LogP contribution in [0.4, 0.5) is 0 Å². The molecular formula is C22H25N5O2. The molecular weight excluding hydrogens is 366 g/mol. The third-order valence-electron chi connectivity index (χ3n) is 5.33. The van der Waals surface area contributed by atoms with Gasteiger partial charge in [-0.3, -0.25) is 9.78 Å². The lowest BCUT2D eigenvalue weighted by atomic mass is 9.94. The van der Waals surface area contributed by atoms with Crippen molar-refractivity contribution in [2.75, 3.05) is 13.1 Å². The lowest BCUT2D eigenvalue weighted by Crippen LogP contribution is -2.38. The van der Waals surface area contributed by atoms with Crippen LogP contribution in [0.1, 0.15) is 66.1 Å². The van der Waals surface area contributed by atoms with Gasteiger partial charge in [-0.05, 0) is 37.8 Å². The number of likely N-dealkylation sites (tertiary alicyclic amines) is 1. The highest BCUT2D eigenvalue weighted by Gasteiger charge is 2.27. The fraction of sp³-hybridized carbons (Fsp3) is 0.409. The molecule has 3 aromatic rings. The van der Waals surface area contributed by atoms with Gasteiger partial charge in [-0.15, -0.1) is 0 Å². The van der Waals surface area contributed by atoms with Crippen LogP contribution in [0.5, 0.6) is 0 Å². The number of carbonyl (C=O) groups is 1. The summed E-state index contributed by atoms with van der Waals surface area (Å²) in [6.07, 6.45) is 6.85. The van der Waals surface area contributed by atoms with Crippen LogP contribution >= 0.6 is 0 Å². The van der Waals surface area contributed by atoms with Crippen molar-refractivity contribution in [3.63, 3.8) is 0 Å². The average molecular weight is 391 g/mol. The van der Waals surface area contributed by atoms with E-state index in [0.29, 0.717) is 24.4 Å². The third kappa shape index (κ3) is 4.04. The van der Waals surface area contributed by atoms with Crippen molar-refractivity contribution in [1.82, 2.24) is 25.0 Å². The van der Waals surface area contributed by atoms with Crippen LogP contribution in [0.15, 0.2) is 41.3 Å². The number of piperidine rings is 1. The third-order valence-corrected chi connectivity index (χ3v) is 5.33. The minimum Gasteiger partial charge on any atom is -0.356 e. The summed E-state index contributed by atoms with van der Waals surface area (Å²) in [7, 11) is 0. The highest BCUT2D eigenvalue weighted by molar-refractivity contribution is 5.93. The Morgan fingerprint density at radius 1 is 1.24 bits per heavy atom. The second-order valence-corrected chi connectivity index (χ2v) is 7.82. The maximum absolute atomic E-state index is 12.6. The van der Waals surface area contributed by atoms with Crippen LogP contribution in [0.25, 0.3) is 11.3 Å². The van der Waals surface area contributed by atoms with Crippen LogP contribution in [0, 0.1) is 6.92 Å². The molecule has 0 spiro atoms. The molecule has 1 aliphatic rings. The lowest BCUT2D eigenvalue weighted by Gasteiger charge is -2.31. The van der Waals surface area contributed by atoms with Crippen LogP contribution in [0.2, 0.25) is 0 Å². The summed E-state index contributed by atoms with van der Waals surface area (Å²) in [5.41, 5.74) is 3.34. The first-order chi connectivity index (χ1) is 14.0. The van der Waals surface area contributed by atoms with Gasteiger partial charge in [-0.1, -0.05) is 19.0 Å². The van der Waals surface area contributed by atoms with Gasteiger partial charge < -0.3 is 9.42 Å². The maximum atomic E-state index is 12.6. The molecule has 7 heteroatoms. The standard InChI is InChI=1S/C22H25N5O2/c1-14(2)20-18(19-11-15(3)26-29-19)13-24-21(25-20)16-6-9-27(10-7-16)22(28)17-5-4-8-23-12-17/h4-5,8,11-14,16H,6-7,9-10H2,1-3H3. The van der Waals surface area contributed by atoms with Crippen LogP contribution in [-0.2, 0) is 0 Å². The van der Waals surface area contributed by atoms with E-state index in [-0.39, 0.29) is 17.7 Å². The van der Waals surface area contributed by atoms with Gasteiger partial charge in [0.15, 0.2) is 5.76 Å². The van der Waals surface area contributed by atoms with Crippen molar-refractivity contribution in [3.8, 4) is 11.3 Å². The van der Waals surface area contributed by atoms with E-state index in [1.54, 1.807) is 18.5 Å². The predicted octanol–water partition coefficient (Wildman–Crippen LogP) is 3.98. The number of pyridine rings is 1. The number of aryl methyl sites for hydroxylation is 1. The molecule has 150 valence electrons. The fourth-order valence-electron chi connectivity index (χ4n) is 3.74. The van der Waals surface area contributed by atoms with E-state index in [9.17, 15) is 4.79 Å². The molecule has 29 heavy (non-hydrogen) atoms. The van der Waals surface area contributed by atoms with Gasteiger partial charge in [0, 0.05) is 43.7 Å². The Kier molecular flexibility index (Phi) is 5.38. The molecule has 0 aliphatic carbocycles. The summed E-state index contributed by atoms with van der Waals surface area (Å²) in [4.78, 5) is 28.1. The highest BCUT2D eigenvalue weighted by Crippen LogP contribution is 2.32. The van der Waals surface area contributed by atoms with E-state index in [1.165, 1.54) is 0 Å². The fourth-order valence-corrected chi connectivity index (χ4v) is 3.74. The monoisotopic (exact) mass is 391 g/mol. The first-order valence-corrected chi connectivity index (χ1v) is 10.0. The molecule has 1 fully saturated rings. The highest BCUT2D eigenvalue weighted by atomic mass is 16.5. The largest absolute Gasteiger partial charge is 0.356 e. The molecule has 0 unspecified atom stereocenters. The van der Waals surface area contributed by atoms with Gasteiger partial charge in [-0.25, -0.2) is 9.97 Å². The smallest absolute Gasteiger partial charge is 0.255 e. The second-order valence-electron chi connectivity index (χ2n) is 7.82. The van der Waals surface area contributed by atoms with Crippen molar-refractivity contribution in [1.29, 1.82) is 0 Å². The van der Waals surface area contributed by atoms with Crippen LogP contribution < -0.4 is 0 Å². The van der Waals surface area contributed by atoms with E-state index < -0.39 is 0 Å². The molecule has 1 saturated heterocycles. The lowest BCUT2D eigenvalue weighted by molar-refractivity contribution is 0.0710. The Labute approximate surface area is 170 Å². The molecule has 0 bridgehead atoms. The summed E-state index contributed by atoms with van der Waals surface area (Å²) in [5, 5.41) is 3.98. The van der Waals surface area contributed by atoms with Crippen molar-refractivity contribution in [2.45, 2.75) is 45.4 Å². The van der Waals surface area contributed by atoms with E-state index >= 15 is 0 Å². The van der Waals surface area contributed by atoms with Gasteiger partial charge in [0.25, 0.3) is 5.91 Å². The van der Waals surface area contributed by atoms with Crippen molar-refractivity contribution in [2.24, 2.45) is 0 Å². The summed E-state index contributed by atoms with van der Waals surface area (Å²) >= 11 is 0. The SMILES string of the molecule is Cc1cc(-c2cnc(C3CCN(C(=O)c4cccnc4)CC3)nc2C(C)C)on1. The Bertz CT molecular complexity index is 991. The second kappa shape index (κ2) is 8.11. The zero-order valence-corrected chi connectivity index (χ0v) is 17.0. The number of aromatic nitrogens is 4. The Morgan fingerprint density at radius 3 is 2.66 bits per heavy atom. The molecule has 0 aromatic carbocycles. The Balaban J connectivity index is 1.50. The van der Waals surface area contributed by atoms with Gasteiger partial charge in [0.05, 0.1) is 22.5 Å². The number of amides is 1. The van der Waals surface area contributed by atoms with Crippen molar-refractivity contribution >= 4 is 5.91 Å². The molecule has 1 aliphatic heterocycles. The minimum absolute atomic E-state index is 0.0383. The molecule has 1 amide bonds. The normalized spacial score (nSPS) is 15.1. The summed E-state index contributed by atoms with van der Waals surface area (Å²) in [6, 6.07) is 5.51. The molecule has 0 radical (unpaired) electrons. The summed E-state index contributed by atoms with van der Waals surface area (Å²) < 4.78 is 5.43. The molecule has 3 aromatic heterocycles. The molecule has 7 nitrogen and oxygen atoms in total. The minimum atomic E-state index is 0.0383. The van der Waals surface area contributed by atoms with E-state index in [0.717, 1.165) is 35.6 Å². The Morgan fingerprint density at radius 2 is 2.03 bits per heavy atom. The van der Waals surface area contributed by atoms with Crippen LogP contribution in [0.3, 0.4) is 0 Å². The number of rotatable bonds is 4. The summed E-state index contributed by atoms with van der Waals surface area (Å²) in [5.74, 6) is 2.08. The number of nitrogens with zero attached hydrogens (tertiary/aromatic N) is 5. The average Bonchev–Trinajstić information content (AvgIpc) is 3.19. The van der Waals surface area contributed by atoms with E-state index in [4.69, 9.17) is 9.51 Å². The van der Waals surface area contributed by atoms with Gasteiger partial charge in [0.1, 0.15) is 5.82 Å². The predicted molar refractivity (Wildman–Crippen MR) is 108 cm³/mol. The summed E-state index contributed by atoms with van der Waals surface area (Å²) in [6.45, 7) is 7.53. The van der Waals surface area contributed by atoms with Crippen LogP contribution in [-0.4, -0.2) is 44.0 Å². The van der Waals surface area contributed by atoms with Gasteiger partial charge in [0.2, 0.25) is 0 Å². The number of hydrogen-bond acceptors (Lipinski definition) is 6. The molecule has 4 rings (SSSR count). The van der Waals surface area contributed by atoms with Gasteiger partial charge >= 0.3 is 0 Å². The topological polar surface area (TPSA) is 85.0 Å². The van der Waals surface area contributed by atoms with E-state index in [1.807, 2.05) is 30.2 Å². The maximum Gasteiger partial charge on any atom is 0.255 e. The Hall–Kier alpha value is -3.09. The van der Waals surface area contributed by atoms with Gasteiger partial charge in [-0.2, -0.15) is 0 Å². The zero-order valence-electron chi connectivity index (χ0n) is 17.0. The first-order valence-electron chi connectivity index (χ1n) is 10.0. The zero-order chi connectivity index (χ0) is 20.4. The number of carbonyl (C=O) groups excluding carboxylic acids is 1. The molecule has 0 atom stereocenters. The molecule has 4 heterocycles. The van der Waals surface area contributed by atoms with E-state index in [2.05, 4.69) is 29.0 Å².